The highest BCUT2D eigenvalue weighted by Crippen LogP contribution is 2.10. The van der Waals surface area contributed by atoms with Crippen LogP contribution in [0.15, 0.2) is 0 Å². The van der Waals surface area contributed by atoms with E-state index < -0.39 is 5.97 Å². The molecule has 0 heterocycles. The Morgan fingerprint density at radius 3 is 1.96 bits per heavy atom. The van der Waals surface area contributed by atoms with Crippen LogP contribution < -0.4 is 5.43 Å². The minimum atomic E-state index is -0.916. The van der Waals surface area contributed by atoms with Gasteiger partial charge in [0.15, 0.2) is 0 Å². The Morgan fingerprint density at radius 2 is 1.43 bits per heavy atom. The summed E-state index contributed by atoms with van der Waals surface area (Å²) in [6.07, 6.45) is 11.2. The summed E-state index contributed by atoms with van der Waals surface area (Å²) in [7, 11) is 0. The zero-order chi connectivity index (χ0) is 17.3. The van der Waals surface area contributed by atoms with Crippen molar-refractivity contribution in [2.75, 3.05) is 19.7 Å². The Labute approximate surface area is 140 Å². The van der Waals surface area contributed by atoms with Crippen LogP contribution in [0.4, 0.5) is 0 Å². The van der Waals surface area contributed by atoms with E-state index in [4.69, 9.17) is 10.2 Å². The van der Waals surface area contributed by atoms with E-state index in [9.17, 15) is 9.59 Å². The van der Waals surface area contributed by atoms with Crippen molar-refractivity contribution in [3.63, 3.8) is 0 Å². The first-order chi connectivity index (χ1) is 11.1. The number of unbranched alkanes of at least 4 members (excludes halogenated alkanes) is 8. The SMILES string of the molecule is CCCCCCCCCCCC(=O)NN(CCO)CCC(=O)O. The number of rotatable bonds is 16. The number of carbonyl (C=O) groups excluding carboxylic acids is 1. The van der Waals surface area contributed by atoms with Gasteiger partial charge < -0.3 is 10.2 Å². The molecule has 0 rings (SSSR count). The van der Waals surface area contributed by atoms with Gasteiger partial charge in [0.05, 0.1) is 13.0 Å². The molecule has 3 N–H and O–H groups in total. The first kappa shape index (κ1) is 21.9. The fourth-order valence-corrected chi connectivity index (χ4v) is 2.40. The summed E-state index contributed by atoms with van der Waals surface area (Å²) < 4.78 is 0. The largest absolute Gasteiger partial charge is 0.481 e. The van der Waals surface area contributed by atoms with Crippen LogP contribution in [0.25, 0.3) is 0 Å². The average Bonchev–Trinajstić information content (AvgIpc) is 2.51. The molecule has 0 aromatic carbocycles. The number of carboxylic acid groups (broad SMARTS) is 1. The lowest BCUT2D eigenvalue weighted by Crippen LogP contribution is -2.44. The maximum absolute atomic E-state index is 11.8. The van der Waals surface area contributed by atoms with Crippen molar-refractivity contribution in [1.29, 1.82) is 0 Å². The van der Waals surface area contributed by atoms with E-state index in [1.807, 2.05) is 0 Å². The molecule has 0 radical (unpaired) electrons. The topological polar surface area (TPSA) is 89.9 Å². The molecular formula is C17H34N2O4. The first-order valence-corrected chi connectivity index (χ1v) is 8.97. The highest BCUT2D eigenvalue weighted by atomic mass is 16.4. The summed E-state index contributed by atoms with van der Waals surface area (Å²) in [6.45, 7) is 2.56. The lowest BCUT2D eigenvalue weighted by atomic mass is 10.1. The summed E-state index contributed by atoms with van der Waals surface area (Å²) in [5.41, 5.74) is 2.67. The summed E-state index contributed by atoms with van der Waals surface area (Å²) >= 11 is 0. The third kappa shape index (κ3) is 15.5. The van der Waals surface area contributed by atoms with Crippen LogP contribution in [0.5, 0.6) is 0 Å². The number of aliphatic carboxylic acids is 1. The van der Waals surface area contributed by atoms with Crippen molar-refractivity contribution in [2.24, 2.45) is 0 Å². The number of carbonyl (C=O) groups is 2. The summed E-state index contributed by atoms with van der Waals surface area (Å²) in [5.74, 6) is -1.02. The first-order valence-electron chi connectivity index (χ1n) is 8.97. The van der Waals surface area contributed by atoms with Crippen LogP contribution in [-0.4, -0.2) is 46.8 Å². The van der Waals surface area contributed by atoms with E-state index >= 15 is 0 Å². The number of hydrogen-bond donors (Lipinski definition) is 3. The standard InChI is InChI=1S/C17H34N2O4/c1-2-3-4-5-6-7-8-9-10-11-16(21)18-19(14-15-20)13-12-17(22)23/h20H,2-15H2,1H3,(H,18,21)(H,22,23). The molecule has 23 heavy (non-hydrogen) atoms. The lowest BCUT2D eigenvalue weighted by molar-refractivity contribution is -0.138. The second-order valence-electron chi connectivity index (χ2n) is 5.97. The highest BCUT2D eigenvalue weighted by molar-refractivity contribution is 5.75. The Balaban J connectivity index is 3.61. The van der Waals surface area contributed by atoms with E-state index in [0.717, 1.165) is 12.8 Å². The van der Waals surface area contributed by atoms with Crippen molar-refractivity contribution in [1.82, 2.24) is 10.4 Å². The number of hydrazine groups is 1. The summed E-state index contributed by atoms with van der Waals surface area (Å²) in [4.78, 5) is 22.3. The minimum absolute atomic E-state index is 0.0572. The second kappa shape index (κ2) is 15.7. The average molecular weight is 330 g/mol. The fourth-order valence-electron chi connectivity index (χ4n) is 2.40. The van der Waals surface area contributed by atoms with Gasteiger partial charge in [-0.1, -0.05) is 58.3 Å². The van der Waals surface area contributed by atoms with Gasteiger partial charge in [-0.05, 0) is 6.42 Å². The van der Waals surface area contributed by atoms with Crippen LogP contribution in [0, 0.1) is 0 Å². The van der Waals surface area contributed by atoms with Gasteiger partial charge in [0.2, 0.25) is 5.91 Å². The highest BCUT2D eigenvalue weighted by Gasteiger charge is 2.10. The molecule has 0 aromatic rings. The molecular weight excluding hydrogens is 296 g/mol. The second-order valence-corrected chi connectivity index (χ2v) is 5.97. The number of aliphatic hydroxyl groups excluding tert-OH is 1. The van der Waals surface area contributed by atoms with E-state index in [2.05, 4.69) is 12.3 Å². The van der Waals surface area contributed by atoms with Gasteiger partial charge in [0.1, 0.15) is 0 Å². The molecule has 0 aliphatic rings. The van der Waals surface area contributed by atoms with Crippen molar-refractivity contribution < 1.29 is 19.8 Å². The third-order valence-corrected chi connectivity index (χ3v) is 3.76. The molecule has 6 heteroatoms. The van der Waals surface area contributed by atoms with Crippen molar-refractivity contribution in [3.05, 3.63) is 0 Å². The predicted octanol–water partition coefficient (Wildman–Crippen LogP) is 2.71. The van der Waals surface area contributed by atoms with Crippen LogP contribution >= 0.6 is 0 Å². The molecule has 0 bridgehead atoms. The number of carboxylic acids is 1. The maximum Gasteiger partial charge on any atom is 0.304 e. The van der Waals surface area contributed by atoms with Crippen molar-refractivity contribution >= 4 is 11.9 Å². The van der Waals surface area contributed by atoms with E-state index in [-0.39, 0.29) is 32.0 Å². The Hall–Kier alpha value is -1.14. The van der Waals surface area contributed by atoms with Crippen LogP contribution in [0.1, 0.15) is 77.6 Å². The fraction of sp³-hybridized carbons (Fsp3) is 0.882. The van der Waals surface area contributed by atoms with Crippen molar-refractivity contribution in [3.8, 4) is 0 Å². The summed E-state index contributed by atoms with van der Waals surface area (Å²) in [6, 6.07) is 0. The number of nitrogens with one attached hydrogen (secondary N) is 1. The predicted molar refractivity (Wildman–Crippen MR) is 90.9 cm³/mol. The molecule has 136 valence electrons. The Morgan fingerprint density at radius 1 is 0.870 bits per heavy atom. The zero-order valence-electron chi connectivity index (χ0n) is 14.6. The Kier molecular flexibility index (Phi) is 15.0. The molecule has 0 spiro atoms. The van der Waals surface area contributed by atoms with Crippen molar-refractivity contribution in [2.45, 2.75) is 77.6 Å². The molecule has 0 saturated carbocycles. The van der Waals surface area contributed by atoms with Gasteiger partial charge in [0.25, 0.3) is 0 Å². The minimum Gasteiger partial charge on any atom is -0.481 e. The molecule has 1 amide bonds. The number of nitrogens with zero attached hydrogens (tertiary/aromatic N) is 1. The normalized spacial score (nSPS) is 10.9. The van der Waals surface area contributed by atoms with Gasteiger partial charge in [-0.25, -0.2) is 5.01 Å². The van der Waals surface area contributed by atoms with Gasteiger partial charge >= 0.3 is 5.97 Å². The lowest BCUT2D eigenvalue weighted by Gasteiger charge is -2.21. The molecule has 6 nitrogen and oxygen atoms in total. The molecule has 0 aromatic heterocycles. The van der Waals surface area contributed by atoms with Gasteiger partial charge in [0, 0.05) is 19.5 Å². The number of hydrogen-bond acceptors (Lipinski definition) is 4. The molecule has 0 unspecified atom stereocenters. The molecule has 0 aliphatic carbocycles. The monoisotopic (exact) mass is 330 g/mol. The smallest absolute Gasteiger partial charge is 0.304 e. The van der Waals surface area contributed by atoms with Gasteiger partial charge in [-0.15, -0.1) is 0 Å². The molecule has 0 saturated heterocycles. The van der Waals surface area contributed by atoms with E-state index in [0.29, 0.717) is 6.42 Å². The van der Waals surface area contributed by atoms with E-state index in [1.165, 1.54) is 50.0 Å². The third-order valence-electron chi connectivity index (χ3n) is 3.76. The van der Waals surface area contributed by atoms with Crippen LogP contribution in [-0.2, 0) is 9.59 Å². The quantitative estimate of drug-likeness (QED) is 0.299. The van der Waals surface area contributed by atoms with Crippen LogP contribution in [0.2, 0.25) is 0 Å². The van der Waals surface area contributed by atoms with Gasteiger partial charge in [-0.2, -0.15) is 0 Å². The molecule has 0 fully saturated rings. The van der Waals surface area contributed by atoms with E-state index in [1.54, 1.807) is 0 Å². The number of aliphatic hydroxyl groups is 1. The maximum atomic E-state index is 11.8. The number of amides is 1. The summed E-state index contributed by atoms with van der Waals surface area (Å²) in [5, 5.41) is 19.1. The Bertz CT molecular complexity index is 311. The molecule has 0 aliphatic heterocycles. The zero-order valence-corrected chi connectivity index (χ0v) is 14.6. The molecule has 0 atom stereocenters. The van der Waals surface area contributed by atoms with Crippen LogP contribution in [0.3, 0.4) is 0 Å². The van der Waals surface area contributed by atoms with Gasteiger partial charge in [-0.3, -0.25) is 15.0 Å².